The molecule has 1 aliphatic rings. The van der Waals surface area contributed by atoms with E-state index in [1.807, 2.05) is 47.5 Å². The van der Waals surface area contributed by atoms with E-state index in [1.165, 1.54) is 0 Å². The molecule has 0 unspecified atom stereocenters. The van der Waals surface area contributed by atoms with Gasteiger partial charge in [-0.1, -0.05) is 24.3 Å². The quantitative estimate of drug-likeness (QED) is 0.485. The van der Waals surface area contributed by atoms with Crippen molar-refractivity contribution >= 4 is 23.3 Å². The summed E-state index contributed by atoms with van der Waals surface area (Å²) in [5.74, 6) is -0.303. The van der Waals surface area contributed by atoms with Gasteiger partial charge in [-0.3, -0.25) is 9.78 Å². The number of aryl methyl sites for hydroxylation is 1. The number of rotatable bonds is 6. The second-order valence-corrected chi connectivity index (χ2v) is 7.54. The number of ether oxygens (including phenoxy) is 1. The SMILES string of the molecule is CCOC(=O)CN1C(=S)N[C@@H](c2ccccn2)[C@H]1c1cccn1-c1ccccc1C. The van der Waals surface area contributed by atoms with Crippen molar-refractivity contribution in [2.75, 3.05) is 13.2 Å². The van der Waals surface area contributed by atoms with Crippen molar-refractivity contribution in [3.05, 3.63) is 83.9 Å². The highest BCUT2D eigenvalue weighted by Crippen LogP contribution is 2.39. The van der Waals surface area contributed by atoms with Crippen molar-refractivity contribution < 1.29 is 9.53 Å². The number of esters is 1. The van der Waals surface area contributed by atoms with Crippen LogP contribution in [-0.4, -0.2) is 38.7 Å². The summed E-state index contributed by atoms with van der Waals surface area (Å²) >= 11 is 5.63. The van der Waals surface area contributed by atoms with E-state index in [0.29, 0.717) is 11.7 Å². The van der Waals surface area contributed by atoms with Gasteiger partial charge in [-0.2, -0.15) is 0 Å². The Morgan fingerprint density at radius 2 is 1.97 bits per heavy atom. The van der Waals surface area contributed by atoms with E-state index in [9.17, 15) is 4.79 Å². The summed E-state index contributed by atoms with van der Waals surface area (Å²) in [4.78, 5) is 18.8. The normalized spacial score (nSPS) is 18.3. The molecule has 1 N–H and O–H groups in total. The number of aromatic nitrogens is 2. The van der Waals surface area contributed by atoms with E-state index in [-0.39, 0.29) is 24.6 Å². The lowest BCUT2D eigenvalue weighted by Gasteiger charge is -2.28. The number of para-hydroxylation sites is 1. The molecule has 0 amide bonds. The van der Waals surface area contributed by atoms with E-state index in [4.69, 9.17) is 17.0 Å². The van der Waals surface area contributed by atoms with E-state index in [0.717, 1.165) is 22.6 Å². The van der Waals surface area contributed by atoms with Gasteiger partial charge in [0.1, 0.15) is 6.54 Å². The fourth-order valence-electron chi connectivity index (χ4n) is 3.93. The van der Waals surface area contributed by atoms with Gasteiger partial charge in [0.2, 0.25) is 0 Å². The van der Waals surface area contributed by atoms with Crippen molar-refractivity contribution in [3.63, 3.8) is 0 Å². The molecule has 2 atom stereocenters. The Kier molecular flexibility index (Phi) is 5.81. The Hall–Kier alpha value is -3.19. The van der Waals surface area contributed by atoms with Gasteiger partial charge < -0.3 is 19.5 Å². The Labute approximate surface area is 181 Å². The van der Waals surface area contributed by atoms with Gasteiger partial charge in [0, 0.05) is 23.8 Å². The summed E-state index contributed by atoms with van der Waals surface area (Å²) < 4.78 is 7.36. The third kappa shape index (κ3) is 3.80. The highest BCUT2D eigenvalue weighted by Gasteiger charge is 2.42. The molecule has 30 heavy (non-hydrogen) atoms. The predicted octanol–water partition coefficient (Wildman–Crippen LogP) is 3.72. The van der Waals surface area contributed by atoms with E-state index < -0.39 is 0 Å². The molecule has 0 saturated carbocycles. The average Bonchev–Trinajstić information content (AvgIpc) is 3.34. The van der Waals surface area contributed by atoms with Crippen LogP contribution in [0.5, 0.6) is 0 Å². The maximum atomic E-state index is 12.3. The molecule has 3 aromatic rings. The van der Waals surface area contributed by atoms with Gasteiger partial charge in [0.25, 0.3) is 0 Å². The Morgan fingerprint density at radius 1 is 1.17 bits per heavy atom. The maximum absolute atomic E-state index is 12.3. The smallest absolute Gasteiger partial charge is 0.325 e. The van der Waals surface area contributed by atoms with Gasteiger partial charge >= 0.3 is 5.97 Å². The van der Waals surface area contributed by atoms with E-state index in [1.54, 1.807) is 13.1 Å². The number of carbonyl (C=O) groups is 1. The zero-order valence-corrected chi connectivity index (χ0v) is 17.8. The summed E-state index contributed by atoms with van der Waals surface area (Å²) in [5.41, 5.74) is 4.14. The second kappa shape index (κ2) is 8.67. The van der Waals surface area contributed by atoms with Crippen LogP contribution in [-0.2, 0) is 9.53 Å². The largest absolute Gasteiger partial charge is 0.465 e. The lowest BCUT2D eigenvalue weighted by atomic mass is 10.0. The molecule has 7 heteroatoms. The zero-order valence-electron chi connectivity index (χ0n) is 17.0. The second-order valence-electron chi connectivity index (χ2n) is 7.15. The first-order valence-electron chi connectivity index (χ1n) is 9.97. The highest BCUT2D eigenvalue weighted by atomic mass is 32.1. The standard InChI is InChI=1S/C23H24N4O2S/c1-3-29-20(28)15-27-22(21(25-23(27)30)17-10-6-7-13-24-17)19-12-8-14-26(19)18-11-5-4-9-16(18)2/h4-14,21-22H,3,15H2,1-2H3,(H,25,30)/t21-,22+/m0/s1. The van der Waals surface area contributed by atoms with Crippen LogP contribution in [0.1, 0.15) is 36.0 Å². The highest BCUT2D eigenvalue weighted by molar-refractivity contribution is 7.80. The van der Waals surface area contributed by atoms with Crippen LogP contribution in [0.4, 0.5) is 0 Å². The first-order valence-corrected chi connectivity index (χ1v) is 10.4. The monoisotopic (exact) mass is 420 g/mol. The van der Waals surface area contributed by atoms with Crippen LogP contribution >= 0.6 is 12.2 Å². The van der Waals surface area contributed by atoms with E-state index in [2.05, 4.69) is 40.0 Å². The molecule has 2 aromatic heterocycles. The molecule has 0 aliphatic carbocycles. The van der Waals surface area contributed by atoms with Gasteiger partial charge in [-0.25, -0.2) is 0 Å². The molecule has 1 fully saturated rings. The van der Waals surface area contributed by atoms with Crippen LogP contribution in [0, 0.1) is 6.92 Å². The molecule has 0 radical (unpaired) electrons. The maximum Gasteiger partial charge on any atom is 0.325 e. The minimum absolute atomic E-state index is 0.0760. The molecule has 154 valence electrons. The number of thiocarbonyl (C=S) groups is 1. The average molecular weight is 421 g/mol. The van der Waals surface area contributed by atoms with Crippen molar-refractivity contribution in [3.8, 4) is 5.69 Å². The fraction of sp³-hybridized carbons (Fsp3) is 0.261. The molecule has 6 nitrogen and oxygen atoms in total. The van der Waals surface area contributed by atoms with Crippen LogP contribution in [0.25, 0.3) is 5.69 Å². The molecule has 0 spiro atoms. The molecule has 4 rings (SSSR count). The lowest BCUT2D eigenvalue weighted by Crippen LogP contribution is -2.36. The number of nitrogens with one attached hydrogen (secondary N) is 1. The molecule has 1 saturated heterocycles. The van der Waals surface area contributed by atoms with Crippen molar-refractivity contribution in [1.82, 2.24) is 19.8 Å². The third-order valence-electron chi connectivity index (χ3n) is 5.26. The zero-order chi connectivity index (χ0) is 21.1. The number of hydrogen-bond donors (Lipinski definition) is 1. The molecule has 1 aromatic carbocycles. The van der Waals surface area contributed by atoms with Crippen LogP contribution in [0.2, 0.25) is 0 Å². The molecule has 3 heterocycles. The minimum atomic E-state index is -0.303. The van der Waals surface area contributed by atoms with Crippen LogP contribution in [0.3, 0.4) is 0 Å². The van der Waals surface area contributed by atoms with Crippen LogP contribution in [0.15, 0.2) is 67.0 Å². The number of hydrogen-bond acceptors (Lipinski definition) is 4. The summed E-state index contributed by atoms with van der Waals surface area (Å²) in [6.45, 7) is 4.30. The predicted molar refractivity (Wildman–Crippen MR) is 119 cm³/mol. The van der Waals surface area contributed by atoms with E-state index >= 15 is 0 Å². The number of carbonyl (C=O) groups excluding carboxylic acids is 1. The summed E-state index contributed by atoms with van der Waals surface area (Å²) in [6.07, 6.45) is 3.81. The fourth-order valence-corrected chi connectivity index (χ4v) is 4.24. The van der Waals surface area contributed by atoms with Crippen LogP contribution < -0.4 is 5.32 Å². The molecular weight excluding hydrogens is 396 g/mol. The topological polar surface area (TPSA) is 59.4 Å². The first-order chi connectivity index (χ1) is 14.6. The first kappa shape index (κ1) is 20.1. The van der Waals surface area contributed by atoms with Gasteiger partial charge in [-0.15, -0.1) is 0 Å². The summed E-state index contributed by atoms with van der Waals surface area (Å²) in [7, 11) is 0. The number of benzene rings is 1. The summed E-state index contributed by atoms with van der Waals surface area (Å²) in [5, 5.41) is 3.89. The molecule has 0 bridgehead atoms. The van der Waals surface area contributed by atoms with Gasteiger partial charge in [0.15, 0.2) is 5.11 Å². The van der Waals surface area contributed by atoms with Gasteiger partial charge in [-0.05, 0) is 62.0 Å². The van der Waals surface area contributed by atoms with Crippen molar-refractivity contribution in [2.24, 2.45) is 0 Å². The third-order valence-corrected chi connectivity index (χ3v) is 5.61. The summed E-state index contributed by atoms with van der Waals surface area (Å²) in [6, 6.07) is 17.7. The Balaban J connectivity index is 1.80. The molecular formula is C23H24N4O2S. The minimum Gasteiger partial charge on any atom is -0.465 e. The Bertz CT molecular complexity index is 1050. The lowest BCUT2D eigenvalue weighted by molar-refractivity contribution is -0.143. The van der Waals surface area contributed by atoms with Gasteiger partial charge in [0.05, 0.1) is 24.4 Å². The Morgan fingerprint density at radius 3 is 2.70 bits per heavy atom. The molecule has 1 aliphatic heterocycles. The number of pyridine rings is 1. The number of nitrogens with zero attached hydrogens (tertiary/aromatic N) is 3. The van der Waals surface area contributed by atoms with Crippen molar-refractivity contribution in [2.45, 2.75) is 25.9 Å². The van der Waals surface area contributed by atoms with Crippen molar-refractivity contribution in [1.29, 1.82) is 0 Å².